The number of hydrogen-bond acceptors (Lipinski definition) is 3. The molecule has 34 heavy (non-hydrogen) atoms. The summed E-state index contributed by atoms with van der Waals surface area (Å²) in [5, 5.41) is 6.59. The van der Waals surface area contributed by atoms with E-state index in [0.29, 0.717) is 34.4 Å². The summed E-state index contributed by atoms with van der Waals surface area (Å²) in [4.78, 5) is 27.7. The van der Waals surface area contributed by atoms with Crippen LogP contribution in [-0.2, 0) is 0 Å². The van der Waals surface area contributed by atoms with E-state index >= 15 is 0 Å². The minimum absolute atomic E-state index is 0.198. The Kier molecular flexibility index (Phi) is 5.48. The van der Waals surface area contributed by atoms with Crippen LogP contribution in [0.15, 0.2) is 66.7 Å². The van der Waals surface area contributed by atoms with Crippen LogP contribution in [0.25, 0.3) is 0 Å². The van der Waals surface area contributed by atoms with E-state index in [4.69, 9.17) is 16.3 Å². The number of fused-ring (bicyclic) bond motifs is 4. The van der Waals surface area contributed by atoms with E-state index in [1.165, 1.54) is 5.56 Å². The SMILES string of the molecule is CC(C)c1ccc(NC(=O)c2cccc(N3C(=O)NC4CC3(C)Oc3ccc(Cl)cc34)c2)cc1. The van der Waals surface area contributed by atoms with Crippen LogP contribution in [-0.4, -0.2) is 17.7 Å². The molecule has 0 spiro atoms. The largest absolute Gasteiger partial charge is 0.467 e. The van der Waals surface area contributed by atoms with E-state index < -0.39 is 5.72 Å². The second kappa shape index (κ2) is 8.37. The van der Waals surface area contributed by atoms with Gasteiger partial charge in [0.05, 0.1) is 11.7 Å². The number of hydrogen-bond donors (Lipinski definition) is 2. The Bertz CT molecular complexity index is 1270. The van der Waals surface area contributed by atoms with Crippen LogP contribution in [0, 0.1) is 0 Å². The number of rotatable bonds is 4. The van der Waals surface area contributed by atoms with Crippen molar-refractivity contribution in [3.63, 3.8) is 0 Å². The predicted octanol–water partition coefficient (Wildman–Crippen LogP) is 6.49. The van der Waals surface area contributed by atoms with E-state index in [2.05, 4.69) is 24.5 Å². The fourth-order valence-electron chi connectivity index (χ4n) is 4.68. The van der Waals surface area contributed by atoms with Crippen molar-refractivity contribution >= 4 is 34.9 Å². The van der Waals surface area contributed by atoms with Gasteiger partial charge in [-0.05, 0) is 66.9 Å². The van der Waals surface area contributed by atoms with E-state index in [0.717, 1.165) is 11.3 Å². The average molecular weight is 476 g/mol. The third-order valence-corrected chi connectivity index (χ3v) is 6.67. The summed E-state index contributed by atoms with van der Waals surface area (Å²) in [7, 11) is 0. The maximum atomic E-state index is 13.2. The number of carbonyl (C=O) groups is 2. The van der Waals surface area contributed by atoms with E-state index in [9.17, 15) is 9.59 Å². The van der Waals surface area contributed by atoms with Crippen molar-refractivity contribution in [1.29, 1.82) is 0 Å². The molecule has 0 aromatic heterocycles. The van der Waals surface area contributed by atoms with Crippen LogP contribution in [0.1, 0.15) is 60.6 Å². The van der Waals surface area contributed by atoms with Crippen LogP contribution in [0.4, 0.5) is 16.2 Å². The molecule has 0 radical (unpaired) electrons. The van der Waals surface area contributed by atoms with Crippen LogP contribution in [0.2, 0.25) is 5.02 Å². The number of amides is 3. The summed E-state index contributed by atoms with van der Waals surface area (Å²) in [5.74, 6) is 0.861. The molecule has 1 saturated heterocycles. The lowest BCUT2D eigenvalue weighted by molar-refractivity contribution is 0.0378. The van der Waals surface area contributed by atoms with Gasteiger partial charge in [-0.3, -0.25) is 9.69 Å². The number of benzene rings is 3. The molecule has 2 N–H and O–H groups in total. The summed E-state index contributed by atoms with van der Waals surface area (Å²) >= 11 is 6.16. The van der Waals surface area contributed by atoms with Crippen molar-refractivity contribution in [2.75, 3.05) is 10.2 Å². The molecule has 2 atom stereocenters. The lowest BCUT2D eigenvalue weighted by Crippen LogP contribution is -2.65. The zero-order valence-corrected chi connectivity index (χ0v) is 20.0. The van der Waals surface area contributed by atoms with Gasteiger partial charge in [0.15, 0.2) is 5.72 Å². The molecule has 1 fully saturated rings. The lowest BCUT2D eigenvalue weighted by Gasteiger charge is -2.50. The number of carbonyl (C=O) groups excluding carboxylic acids is 2. The minimum atomic E-state index is -0.907. The number of halogens is 1. The zero-order valence-electron chi connectivity index (χ0n) is 19.3. The van der Waals surface area contributed by atoms with Gasteiger partial charge in [-0.1, -0.05) is 43.6 Å². The predicted molar refractivity (Wildman–Crippen MR) is 134 cm³/mol. The normalized spacial score (nSPS) is 20.9. The number of anilines is 2. The second-order valence-corrected chi connectivity index (χ2v) is 9.72. The lowest BCUT2D eigenvalue weighted by atomic mass is 9.90. The zero-order chi connectivity index (χ0) is 24.0. The highest BCUT2D eigenvalue weighted by Gasteiger charge is 2.50. The Morgan fingerprint density at radius 3 is 2.65 bits per heavy atom. The molecule has 7 heteroatoms. The molecule has 0 aliphatic carbocycles. The number of urea groups is 1. The Labute approximate surface area is 203 Å². The van der Waals surface area contributed by atoms with E-state index in [1.807, 2.05) is 43.3 Å². The molecule has 2 bridgehead atoms. The van der Waals surface area contributed by atoms with Crippen molar-refractivity contribution in [2.45, 2.75) is 44.9 Å². The Balaban J connectivity index is 1.41. The summed E-state index contributed by atoms with van der Waals surface area (Å²) in [6.45, 7) is 6.14. The van der Waals surface area contributed by atoms with Gasteiger partial charge in [0.25, 0.3) is 5.91 Å². The first-order valence-electron chi connectivity index (χ1n) is 11.3. The molecule has 3 amide bonds. The standard InChI is InChI=1S/C27H26ClN3O3/c1-16(2)17-7-10-20(11-8-17)29-25(32)18-5-4-6-21(13-18)31-26(33)30-23-15-27(31,3)34-24-12-9-19(28)14-22(23)24/h4-14,16,23H,15H2,1-3H3,(H,29,32)(H,30,33). The van der Waals surface area contributed by atoms with E-state index in [1.54, 1.807) is 35.2 Å². The first-order valence-corrected chi connectivity index (χ1v) is 11.7. The fourth-order valence-corrected chi connectivity index (χ4v) is 4.86. The number of nitrogens with one attached hydrogen (secondary N) is 2. The Morgan fingerprint density at radius 1 is 1.15 bits per heavy atom. The molecule has 5 rings (SSSR count). The van der Waals surface area contributed by atoms with Crippen molar-refractivity contribution in [2.24, 2.45) is 0 Å². The van der Waals surface area contributed by atoms with Gasteiger partial charge in [0.1, 0.15) is 5.75 Å². The molecule has 2 aliphatic rings. The third-order valence-electron chi connectivity index (χ3n) is 6.44. The van der Waals surface area contributed by atoms with Gasteiger partial charge in [-0.2, -0.15) is 0 Å². The summed E-state index contributed by atoms with van der Waals surface area (Å²) in [5.41, 5.74) is 2.92. The van der Waals surface area contributed by atoms with Gasteiger partial charge >= 0.3 is 6.03 Å². The summed E-state index contributed by atoms with van der Waals surface area (Å²) < 4.78 is 6.32. The molecule has 174 valence electrons. The van der Waals surface area contributed by atoms with Crippen LogP contribution < -0.4 is 20.3 Å². The molecule has 3 aromatic carbocycles. The molecule has 2 unspecified atom stereocenters. The van der Waals surface area contributed by atoms with Gasteiger partial charge < -0.3 is 15.4 Å². The second-order valence-electron chi connectivity index (χ2n) is 9.28. The number of nitrogens with zero attached hydrogens (tertiary/aromatic N) is 1. The van der Waals surface area contributed by atoms with Gasteiger partial charge in [0, 0.05) is 28.3 Å². The quantitative estimate of drug-likeness (QED) is 0.453. The highest BCUT2D eigenvalue weighted by molar-refractivity contribution is 6.30. The average Bonchev–Trinajstić information content (AvgIpc) is 2.79. The topological polar surface area (TPSA) is 70.7 Å². The van der Waals surface area contributed by atoms with Crippen LogP contribution in [0.5, 0.6) is 5.75 Å². The third kappa shape index (κ3) is 3.99. The summed E-state index contributed by atoms with van der Waals surface area (Å²) in [6, 6.07) is 19.8. The molecule has 2 aliphatic heterocycles. The van der Waals surface area contributed by atoms with Gasteiger partial charge in [-0.15, -0.1) is 0 Å². The van der Waals surface area contributed by atoms with Crippen LogP contribution in [0.3, 0.4) is 0 Å². The van der Waals surface area contributed by atoms with Crippen molar-refractivity contribution in [3.05, 3.63) is 88.4 Å². The smallest absolute Gasteiger partial charge is 0.325 e. The molecule has 6 nitrogen and oxygen atoms in total. The Hall–Kier alpha value is -3.51. The van der Waals surface area contributed by atoms with Crippen LogP contribution >= 0.6 is 11.6 Å². The molecule has 2 heterocycles. The van der Waals surface area contributed by atoms with Crippen molar-refractivity contribution in [3.8, 4) is 5.75 Å². The van der Waals surface area contributed by atoms with Crippen molar-refractivity contribution < 1.29 is 14.3 Å². The Morgan fingerprint density at radius 2 is 1.91 bits per heavy atom. The minimum Gasteiger partial charge on any atom is -0.467 e. The molecule has 3 aromatic rings. The van der Waals surface area contributed by atoms with Gasteiger partial charge in [0.2, 0.25) is 0 Å². The maximum Gasteiger partial charge on any atom is 0.325 e. The first kappa shape index (κ1) is 22.3. The molecular weight excluding hydrogens is 450 g/mol. The molecular formula is C27H26ClN3O3. The monoisotopic (exact) mass is 475 g/mol. The summed E-state index contributed by atoms with van der Waals surface area (Å²) in [6.07, 6.45) is 0.546. The highest BCUT2D eigenvalue weighted by Crippen LogP contribution is 2.46. The highest BCUT2D eigenvalue weighted by atomic mass is 35.5. The van der Waals surface area contributed by atoms with Gasteiger partial charge in [-0.25, -0.2) is 4.79 Å². The number of ether oxygens (including phenoxy) is 1. The first-order chi connectivity index (χ1) is 16.2. The maximum absolute atomic E-state index is 13.2. The fraction of sp³-hybridized carbons (Fsp3) is 0.259. The molecule has 0 saturated carbocycles. The van der Waals surface area contributed by atoms with Crippen molar-refractivity contribution in [1.82, 2.24) is 5.32 Å². The van der Waals surface area contributed by atoms with E-state index in [-0.39, 0.29) is 18.0 Å².